The third-order valence-electron chi connectivity index (χ3n) is 2.78. The lowest BCUT2D eigenvalue weighted by molar-refractivity contribution is -0.180. The lowest BCUT2D eigenvalue weighted by Crippen LogP contribution is -2.58. The van der Waals surface area contributed by atoms with Crippen LogP contribution in [0.1, 0.15) is 41.0 Å². The van der Waals surface area contributed by atoms with Crippen molar-refractivity contribution in [3.63, 3.8) is 0 Å². The minimum absolute atomic E-state index is 0.0603. The van der Waals surface area contributed by atoms with Crippen molar-refractivity contribution in [2.24, 2.45) is 5.73 Å². The van der Waals surface area contributed by atoms with E-state index < -0.39 is 0 Å². The van der Waals surface area contributed by atoms with Crippen LogP contribution >= 0.6 is 0 Å². The third kappa shape index (κ3) is 4.09. The first-order valence-electron chi connectivity index (χ1n) is 5.92. The standard InChI is InChI=1S/C12H26N2O/c1-6-10(13)7-14-8-11(2,3)15-12(4,5)9-14/h10H,6-9,13H2,1-5H3. The van der Waals surface area contributed by atoms with Gasteiger partial charge in [0.05, 0.1) is 11.2 Å². The molecule has 1 atom stereocenters. The molecule has 1 rings (SSSR count). The zero-order chi connectivity index (χ0) is 11.7. The Morgan fingerprint density at radius 1 is 1.20 bits per heavy atom. The Balaban J connectivity index is 2.59. The maximum atomic E-state index is 6.02. The Kier molecular flexibility index (Phi) is 3.80. The van der Waals surface area contributed by atoms with Crippen molar-refractivity contribution >= 4 is 0 Å². The SMILES string of the molecule is CCC(N)CN1CC(C)(C)OC(C)(C)C1. The van der Waals surface area contributed by atoms with Crippen molar-refractivity contribution in [3.8, 4) is 0 Å². The first-order valence-corrected chi connectivity index (χ1v) is 5.92. The average Bonchev–Trinajstić information content (AvgIpc) is 1.97. The fraction of sp³-hybridized carbons (Fsp3) is 1.00. The molecule has 1 fully saturated rings. The van der Waals surface area contributed by atoms with Crippen molar-refractivity contribution in [2.45, 2.75) is 58.3 Å². The first-order chi connectivity index (χ1) is 6.74. The minimum Gasteiger partial charge on any atom is -0.367 e. The highest BCUT2D eigenvalue weighted by molar-refractivity contribution is 4.90. The van der Waals surface area contributed by atoms with Crippen molar-refractivity contribution in [1.29, 1.82) is 0 Å². The van der Waals surface area contributed by atoms with E-state index in [1.54, 1.807) is 0 Å². The summed E-state index contributed by atoms with van der Waals surface area (Å²) < 4.78 is 6.02. The van der Waals surface area contributed by atoms with E-state index in [-0.39, 0.29) is 17.2 Å². The van der Waals surface area contributed by atoms with E-state index in [9.17, 15) is 0 Å². The maximum absolute atomic E-state index is 6.02. The Hall–Kier alpha value is -0.120. The molecular weight excluding hydrogens is 188 g/mol. The van der Waals surface area contributed by atoms with Crippen LogP contribution in [-0.4, -0.2) is 41.8 Å². The number of nitrogens with zero attached hydrogens (tertiary/aromatic N) is 1. The molecule has 0 aromatic heterocycles. The van der Waals surface area contributed by atoms with Crippen LogP contribution in [0, 0.1) is 0 Å². The van der Waals surface area contributed by atoms with Gasteiger partial charge in [0.15, 0.2) is 0 Å². The lowest BCUT2D eigenvalue weighted by atomic mass is 9.98. The minimum atomic E-state index is -0.0603. The van der Waals surface area contributed by atoms with Gasteiger partial charge in [-0.05, 0) is 34.1 Å². The van der Waals surface area contributed by atoms with E-state index >= 15 is 0 Å². The van der Waals surface area contributed by atoms with Gasteiger partial charge >= 0.3 is 0 Å². The number of rotatable bonds is 3. The van der Waals surface area contributed by atoms with Crippen LogP contribution in [0.4, 0.5) is 0 Å². The molecule has 3 heteroatoms. The van der Waals surface area contributed by atoms with Crippen LogP contribution < -0.4 is 5.73 Å². The van der Waals surface area contributed by atoms with E-state index in [1.165, 1.54) is 0 Å². The topological polar surface area (TPSA) is 38.5 Å². The predicted molar refractivity (Wildman–Crippen MR) is 63.9 cm³/mol. The van der Waals surface area contributed by atoms with E-state index in [0.29, 0.717) is 0 Å². The van der Waals surface area contributed by atoms with Gasteiger partial charge in [-0.25, -0.2) is 0 Å². The molecule has 0 bridgehead atoms. The number of hydrogen-bond donors (Lipinski definition) is 1. The zero-order valence-electron chi connectivity index (χ0n) is 10.8. The number of hydrogen-bond acceptors (Lipinski definition) is 3. The van der Waals surface area contributed by atoms with E-state index in [2.05, 4.69) is 39.5 Å². The summed E-state index contributed by atoms with van der Waals surface area (Å²) in [5.74, 6) is 0. The second-order valence-corrected chi connectivity index (χ2v) is 5.96. The van der Waals surface area contributed by atoms with Gasteiger partial charge in [-0.3, -0.25) is 4.90 Å². The molecule has 1 saturated heterocycles. The quantitative estimate of drug-likeness (QED) is 0.776. The highest BCUT2D eigenvalue weighted by Crippen LogP contribution is 2.27. The molecule has 1 aliphatic heterocycles. The fourth-order valence-electron chi connectivity index (χ4n) is 2.54. The van der Waals surface area contributed by atoms with Gasteiger partial charge in [0.25, 0.3) is 0 Å². The molecule has 15 heavy (non-hydrogen) atoms. The Morgan fingerprint density at radius 2 is 1.67 bits per heavy atom. The summed E-state index contributed by atoms with van der Waals surface area (Å²) in [5, 5.41) is 0. The molecule has 0 radical (unpaired) electrons. The van der Waals surface area contributed by atoms with Crippen LogP contribution in [-0.2, 0) is 4.74 Å². The molecule has 3 nitrogen and oxygen atoms in total. The van der Waals surface area contributed by atoms with Crippen LogP contribution in [0.15, 0.2) is 0 Å². The monoisotopic (exact) mass is 214 g/mol. The smallest absolute Gasteiger partial charge is 0.0760 e. The summed E-state index contributed by atoms with van der Waals surface area (Å²) in [4.78, 5) is 2.43. The van der Waals surface area contributed by atoms with E-state index in [1.807, 2.05) is 0 Å². The highest BCUT2D eigenvalue weighted by atomic mass is 16.5. The summed E-state index contributed by atoms with van der Waals surface area (Å²) in [6.45, 7) is 13.7. The van der Waals surface area contributed by atoms with Crippen LogP contribution in [0.5, 0.6) is 0 Å². The molecule has 0 aromatic carbocycles. The molecule has 0 aromatic rings. The van der Waals surface area contributed by atoms with Crippen molar-refractivity contribution < 1.29 is 4.74 Å². The average molecular weight is 214 g/mol. The van der Waals surface area contributed by atoms with Gasteiger partial charge in [0.1, 0.15) is 0 Å². The summed E-state index contributed by atoms with van der Waals surface area (Å²) >= 11 is 0. The summed E-state index contributed by atoms with van der Waals surface area (Å²) in [7, 11) is 0. The molecule has 1 unspecified atom stereocenters. The molecule has 0 amide bonds. The van der Waals surface area contributed by atoms with Gasteiger partial charge in [-0.1, -0.05) is 6.92 Å². The molecule has 1 aliphatic rings. The molecule has 0 saturated carbocycles. The van der Waals surface area contributed by atoms with E-state index in [4.69, 9.17) is 10.5 Å². The van der Waals surface area contributed by atoms with E-state index in [0.717, 1.165) is 26.1 Å². The van der Waals surface area contributed by atoms with Crippen molar-refractivity contribution in [3.05, 3.63) is 0 Å². The molecule has 1 heterocycles. The number of ether oxygens (including phenoxy) is 1. The first kappa shape index (κ1) is 12.9. The summed E-state index contributed by atoms with van der Waals surface area (Å²) in [6.07, 6.45) is 1.04. The van der Waals surface area contributed by atoms with Gasteiger partial charge in [-0.15, -0.1) is 0 Å². The lowest BCUT2D eigenvalue weighted by Gasteiger charge is -2.47. The molecular formula is C12H26N2O. The van der Waals surface area contributed by atoms with Gasteiger partial charge in [0.2, 0.25) is 0 Å². The normalized spacial score (nSPS) is 27.6. The highest BCUT2D eigenvalue weighted by Gasteiger charge is 2.38. The van der Waals surface area contributed by atoms with Crippen LogP contribution in [0.3, 0.4) is 0 Å². The summed E-state index contributed by atoms with van der Waals surface area (Å²) in [5.41, 5.74) is 5.88. The van der Waals surface area contributed by atoms with Crippen LogP contribution in [0.2, 0.25) is 0 Å². The second kappa shape index (κ2) is 4.40. The molecule has 2 N–H and O–H groups in total. The third-order valence-corrected chi connectivity index (χ3v) is 2.78. The molecule has 0 aliphatic carbocycles. The Labute approximate surface area is 94.0 Å². The Morgan fingerprint density at radius 3 is 2.07 bits per heavy atom. The van der Waals surface area contributed by atoms with Crippen molar-refractivity contribution in [1.82, 2.24) is 4.90 Å². The molecule has 90 valence electrons. The largest absolute Gasteiger partial charge is 0.367 e. The van der Waals surface area contributed by atoms with Gasteiger partial charge < -0.3 is 10.5 Å². The van der Waals surface area contributed by atoms with Gasteiger partial charge in [0, 0.05) is 25.7 Å². The van der Waals surface area contributed by atoms with Gasteiger partial charge in [-0.2, -0.15) is 0 Å². The number of nitrogens with two attached hydrogens (primary N) is 1. The second-order valence-electron chi connectivity index (χ2n) is 5.96. The predicted octanol–water partition coefficient (Wildman–Crippen LogP) is 1.61. The fourth-order valence-corrected chi connectivity index (χ4v) is 2.54. The maximum Gasteiger partial charge on any atom is 0.0760 e. The number of morpholine rings is 1. The van der Waals surface area contributed by atoms with Crippen molar-refractivity contribution in [2.75, 3.05) is 19.6 Å². The molecule has 0 spiro atoms. The summed E-state index contributed by atoms with van der Waals surface area (Å²) in [6, 6.07) is 0.287. The zero-order valence-corrected chi connectivity index (χ0v) is 10.8. The Bertz CT molecular complexity index is 198. The van der Waals surface area contributed by atoms with Crippen LogP contribution in [0.25, 0.3) is 0 Å².